The number of carbonyl (C=O) groups is 4. The summed E-state index contributed by atoms with van der Waals surface area (Å²) in [5.41, 5.74) is 0.0784. The number of ether oxygens (including phenoxy) is 1. The average Bonchev–Trinajstić information content (AvgIpc) is 3.03. The number of amides is 2. The molecule has 0 atom stereocenters. The summed E-state index contributed by atoms with van der Waals surface area (Å²) in [6, 6.07) is 4.02. The lowest BCUT2D eigenvalue weighted by atomic mass is 10.1. The molecule has 198 valence electrons. The number of nitrogens with zero attached hydrogens (tertiary/aromatic N) is 4. The number of esters is 2. The van der Waals surface area contributed by atoms with Gasteiger partial charge >= 0.3 is 18.1 Å². The highest BCUT2D eigenvalue weighted by Crippen LogP contribution is 2.28. The highest BCUT2D eigenvalue weighted by molar-refractivity contribution is 7.67. The molecule has 16 heteroatoms. The number of carbonyl (C=O) groups excluding carboxylic acids is 4. The fraction of sp³-hybridized carbons (Fsp3) is 0.500. The van der Waals surface area contributed by atoms with Crippen molar-refractivity contribution in [1.29, 1.82) is 0 Å². The largest absolute Gasteiger partial charge is 0.491 e. The molecule has 0 spiro atoms. The molecule has 2 aliphatic heterocycles. The van der Waals surface area contributed by atoms with Crippen LogP contribution in [0.25, 0.3) is 0 Å². The number of piperazine rings is 1. The van der Waals surface area contributed by atoms with Gasteiger partial charge in [-0.2, -0.15) is 13.2 Å². The Hall–Kier alpha value is -3.08. The number of halogens is 3. The maximum Gasteiger partial charge on any atom is 0.491 e. The number of likely N-dealkylation sites (N-methyl/N-ethyl adjacent to an activating group) is 1. The first-order valence-corrected chi connectivity index (χ1v) is 11.7. The van der Waals surface area contributed by atoms with Crippen LogP contribution in [0.5, 0.6) is 0 Å². The Balaban J connectivity index is 1.73. The normalized spacial score (nSPS) is 17.0. The van der Waals surface area contributed by atoms with Gasteiger partial charge in [-0.05, 0) is 25.2 Å². The molecule has 0 aromatic heterocycles. The van der Waals surface area contributed by atoms with Gasteiger partial charge < -0.3 is 14.5 Å². The molecule has 1 aromatic carbocycles. The van der Waals surface area contributed by atoms with Crippen molar-refractivity contribution in [1.82, 2.24) is 14.7 Å². The zero-order valence-corrected chi connectivity index (χ0v) is 19.9. The van der Waals surface area contributed by atoms with Crippen LogP contribution in [0.2, 0.25) is 0 Å². The Bertz CT molecular complexity index is 1110. The number of imide groups is 1. The number of rotatable bonds is 9. The Morgan fingerprint density at radius 2 is 1.69 bits per heavy atom. The van der Waals surface area contributed by atoms with Gasteiger partial charge in [-0.25, -0.2) is 18.0 Å². The second-order valence-electron chi connectivity index (χ2n) is 8.08. The van der Waals surface area contributed by atoms with Gasteiger partial charge in [-0.15, -0.1) is 0 Å². The Kier molecular flexibility index (Phi) is 8.65. The fourth-order valence-corrected chi connectivity index (χ4v) is 3.89. The minimum Gasteiger partial charge on any atom is -0.385 e. The van der Waals surface area contributed by atoms with Crippen LogP contribution >= 0.6 is 0 Å². The third kappa shape index (κ3) is 6.77. The van der Waals surface area contributed by atoms with Crippen molar-refractivity contribution < 1.29 is 49.7 Å². The van der Waals surface area contributed by atoms with Gasteiger partial charge in [0.1, 0.15) is 13.3 Å². The predicted molar refractivity (Wildman–Crippen MR) is 117 cm³/mol. The first kappa shape index (κ1) is 27.5. The molecule has 12 nitrogen and oxygen atoms in total. The molecular weight excluding hydrogens is 513 g/mol. The van der Waals surface area contributed by atoms with Crippen LogP contribution in [0.4, 0.5) is 18.9 Å². The molecule has 1 fully saturated rings. The van der Waals surface area contributed by atoms with E-state index < -0.39 is 47.5 Å². The van der Waals surface area contributed by atoms with E-state index in [1.54, 1.807) is 4.90 Å². The number of hydrogen-bond acceptors (Lipinski definition) is 11. The summed E-state index contributed by atoms with van der Waals surface area (Å²) in [6.07, 6.45) is -5.42. The van der Waals surface area contributed by atoms with Crippen molar-refractivity contribution in [2.75, 3.05) is 64.5 Å². The summed E-state index contributed by atoms with van der Waals surface area (Å²) in [5, 5.41) is 0. The predicted octanol–water partition coefficient (Wildman–Crippen LogP) is -0.531. The summed E-state index contributed by atoms with van der Waals surface area (Å²) in [6.45, 7) is 2.67. The molecule has 0 aliphatic carbocycles. The van der Waals surface area contributed by atoms with Crippen LogP contribution in [0.3, 0.4) is 0 Å². The van der Waals surface area contributed by atoms with E-state index in [1.807, 2.05) is 7.05 Å². The zero-order chi connectivity index (χ0) is 26.6. The van der Waals surface area contributed by atoms with E-state index in [9.17, 15) is 40.8 Å². The topological polar surface area (TPSA) is 134 Å². The van der Waals surface area contributed by atoms with Crippen LogP contribution in [0.15, 0.2) is 18.2 Å². The van der Waals surface area contributed by atoms with Gasteiger partial charge in [0.25, 0.3) is 22.8 Å². The summed E-state index contributed by atoms with van der Waals surface area (Å²) in [4.78, 5) is 54.0. The maximum atomic E-state index is 12.7. The molecule has 0 saturated carbocycles. The molecule has 0 unspecified atom stereocenters. The average molecular weight is 536 g/mol. The van der Waals surface area contributed by atoms with Crippen molar-refractivity contribution >= 4 is 40.4 Å². The molecular formula is C20H23F3N4O8S. The molecule has 2 aliphatic rings. The standard InChI is InChI=1S/C20H23F3N4O8S/c1-24-4-6-25(7-5-24)8-9-26(12-34-36(32)33)13-2-3-14-15(10-13)18(30)27(17(14)29)11-16(28)35-19(31)20(21,22)23/h2-3,10,36H,4-9,11-12H2,1H3. The smallest absolute Gasteiger partial charge is 0.385 e. The van der Waals surface area contributed by atoms with Gasteiger partial charge in [0.2, 0.25) is 0 Å². The van der Waals surface area contributed by atoms with Crippen molar-refractivity contribution in [3.8, 4) is 0 Å². The van der Waals surface area contributed by atoms with Crippen LogP contribution in [0, 0.1) is 0 Å². The van der Waals surface area contributed by atoms with Crippen molar-refractivity contribution in [2.45, 2.75) is 6.18 Å². The van der Waals surface area contributed by atoms with Crippen molar-refractivity contribution in [2.24, 2.45) is 0 Å². The number of fused-ring (bicyclic) bond motifs is 1. The maximum absolute atomic E-state index is 12.7. The lowest BCUT2D eigenvalue weighted by Crippen LogP contribution is -2.47. The third-order valence-corrected chi connectivity index (χ3v) is 5.97. The first-order valence-electron chi connectivity index (χ1n) is 10.6. The minimum atomic E-state index is -5.42. The summed E-state index contributed by atoms with van der Waals surface area (Å²) >= 11 is 0. The minimum absolute atomic E-state index is 0.117. The van der Waals surface area contributed by atoms with Gasteiger partial charge in [0, 0.05) is 45.0 Å². The number of thiol groups is 1. The van der Waals surface area contributed by atoms with Crippen molar-refractivity contribution in [3.63, 3.8) is 0 Å². The Morgan fingerprint density at radius 3 is 2.31 bits per heavy atom. The molecule has 0 N–H and O–H groups in total. The molecule has 1 aromatic rings. The summed E-state index contributed by atoms with van der Waals surface area (Å²) in [7, 11) is -1.16. The van der Waals surface area contributed by atoms with E-state index in [-0.39, 0.29) is 17.9 Å². The Morgan fingerprint density at radius 1 is 1.06 bits per heavy atom. The molecule has 36 heavy (non-hydrogen) atoms. The lowest BCUT2D eigenvalue weighted by molar-refractivity contribution is -0.201. The fourth-order valence-electron chi connectivity index (χ4n) is 3.66. The second-order valence-corrected chi connectivity index (χ2v) is 8.78. The first-order chi connectivity index (χ1) is 16.9. The van der Waals surface area contributed by atoms with E-state index in [2.05, 4.69) is 14.5 Å². The van der Waals surface area contributed by atoms with E-state index in [0.717, 1.165) is 26.2 Å². The monoisotopic (exact) mass is 536 g/mol. The zero-order valence-electron chi connectivity index (χ0n) is 19.0. The van der Waals surface area contributed by atoms with E-state index >= 15 is 0 Å². The third-order valence-electron chi connectivity index (χ3n) is 5.65. The second kappa shape index (κ2) is 11.3. The van der Waals surface area contributed by atoms with Gasteiger partial charge in [0.15, 0.2) is 0 Å². The molecule has 1 saturated heterocycles. The number of anilines is 1. The van der Waals surface area contributed by atoms with Crippen LogP contribution in [0.1, 0.15) is 20.7 Å². The van der Waals surface area contributed by atoms with E-state index in [0.29, 0.717) is 23.7 Å². The van der Waals surface area contributed by atoms with Crippen LogP contribution in [-0.2, 0) is 29.5 Å². The molecule has 0 bridgehead atoms. The highest BCUT2D eigenvalue weighted by atomic mass is 32.2. The molecule has 0 radical (unpaired) electrons. The number of alkyl halides is 3. The molecule has 2 amide bonds. The molecule has 2 heterocycles. The van der Waals surface area contributed by atoms with Gasteiger partial charge in [-0.3, -0.25) is 23.6 Å². The van der Waals surface area contributed by atoms with E-state index in [4.69, 9.17) is 4.18 Å². The van der Waals surface area contributed by atoms with Crippen molar-refractivity contribution in [3.05, 3.63) is 29.3 Å². The quantitative estimate of drug-likeness (QED) is 0.144. The summed E-state index contributed by atoms with van der Waals surface area (Å²) < 4.78 is 67.2. The van der Waals surface area contributed by atoms with Crippen LogP contribution in [-0.4, -0.2) is 113 Å². The summed E-state index contributed by atoms with van der Waals surface area (Å²) in [5.74, 6) is -6.43. The molecule has 3 rings (SSSR count). The van der Waals surface area contributed by atoms with Gasteiger partial charge in [0.05, 0.1) is 11.1 Å². The number of hydrogen-bond donors (Lipinski definition) is 1. The Labute approximate surface area is 205 Å². The SMILES string of the molecule is CN1CCN(CCN(CO[SH](=O)=O)c2ccc3c(c2)C(=O)N(CC(=O)OC(=O)C(F)(F)F)C3=O)CC1. The lowest BCUT2D eigenvalue weighted by Gasteiger charge is -2.34. The number of benzene rings is 1. The van der Waals surface area contributed by atoms with Gasteiger partial charge in [-0.1, -0.05) is 0 Å². The van der Waals surface area contributed by atoms with E-state index in [1.165, 1.54) is 18.2 Å². The van der Waals surface area contributed by atoms with Crippen LogP contribution < -0.4 is 4.90 Å². The highest BCUT2D eigenvalue weighted by Gasteiger charge is 2.44.